The van der Waals surface area contributed by atoms with Crippen LogP contribution in [-0.2, 0) is 0 Å². The number of hydrogen-bond acceptors (Lipinski definition) is 6. The molecule has 2 N–H and O–H groups in total. The second kappa shape index (κ2) is 6.62. The Morgan fingerprint density at radius 1 is 1.15 bits per heavy atom. The Balaban J connectivity index is 1.47. The number of benzene rings is 2. The number of methoxy groups -OCH3 is 1. The highest BCUT2D eigenvalue weighted by Gasteiger charge is 2.48. The number of ether oxygens (including phenoxy) is 3. The highest BCUT2D eigenvalue weighted by atomic mass is 16.7. The summed E-state index contributed by atoms with van der Waals surface area (Å²) in [5.74, 6) is 2.91. The summed E-state index contributed by atoms with van der Waals surface area (Å²) in [7, 11) is 1.65. The Labute approximate surface area is 158 Å². The van der Waals surface area contributed by atoms with Gasteiger partial charge in [-0.1, -0.05) is 18.2 Å². The lowest BCUT2D eigenvalue weighted by Gasteiger charge is -2.25. The molecule has 0 unspecified atom stereocenters. The average molecular weight is 368 g/mol. The molecule has 6 nitrogen and oxygen atoms in total. The number of nitrogens with one attached hydrogen (secondary N) is 1. The molecule has 2 saturated heterocycles. The standard InChI is InChI=1S/C21H24N2O4/c1-25-18-7-13(8-19-21(18)27-12-26-19)20-16-10-23(14-5-3-2-4-6-14)9-15(16)17(11-24)22-20/h2-8,15-17,20,22,24H,9-12H2,1H3/t15-,16+,17-,20+/m0/s1. The molecular weight excluding hydrogens is 344 g/mol. The second-order valence-electron chi connectivity index (χ2n) is 7.46. The Morgan fingerprint density at radius 3 is 2.74 bits per heavy atom. The molecule has 0 saturated carbocycles. The predicted octanol–water partition coefficient (Wildman–Crippen LogP) is 2.18. The minimum Gasteiger partial charge on any atom is -0.493 e. The summed E-state index contributed by atoms with van der Waals surface area (Å²) in [6.07, 6.45) is 0. The van der Waals surface area contributed by atoms with Gasteiger partial charge in [-0.2, -0.15) is 0 Å². The zero-order chi connectivity index (χ0) is 18.4. The molecule has 3 heterocycles. The number of aliphatic hydroxyl groups is 1. The molecule has 27 heavy (non-hydrogen) atoms. The number of hydrogen-bond donors (Lipinski definition) is 2. The van der Waals surface area contributed by atoms with E-state index in [1.54, 1.807) is 7.11 Å². The van der Waals surface area contributed by atoms with Gasteiger partial charge < -0.3 is 29.5 Å². The van der Waals surface area contributed by atoms with Gasteiger partial charge in [-0.05, 0) is 29.8 Å². The van der Waals surface area contributed by atoms with Crippen LogP contribution in [0.15, 0.2) is 42.5 Å². The van der Waals surface area contributed by atoms with Crippen molar-refractivity contribution in [3.63, 3.8) is 0 Å². The summed E-state index contributed by atoms with van der Waals surface area (Å²) in [5, 5.41) is 13.6. The molecule has 0 radical (unpaired) electrons. The molecular formula is C21H24N2O4. The van der Waals surface area contributed by atoms with E-state index in [4.69, 9.17) is 14.2 Å². The molecule has 2 aromatic rings. The highest BCUT2D eigenvalue weighted by molar-refractivity contribution is 5.56. The van der Waals surface area contributed by atoms with Gasteiger partial charge in [0.1, 0.15) is 0 Å². The monoisotopic (exact) mass is 368 g/mol. The summed E-state index contributed by atoms with van der Waals surface area (Å²) < 4.78 is 16.7. The quantitative estimate of drug-likeness (QED) is 0.863. The lowest BCUT2D eigenvalue weighted by Crippen LogP contribution is -2.36. The molecule has 0 spiro atoms. The van der Waals surface area contributed by atoms with Crippen molar-refractivity contribution in [2.24, 2.45) is 11.8 Å². The summed E-state index contributed by atoms with van der Waals surface area (Å²) in [6.45, 7) is 2.27. The predicted molar refractivity (Wildman–Crippen MR) is 102 cm³/mol. The van der Waals surface area contributed by atoms with Gasteiger partial charge in [0, 0.05) is 42.7 Å². The van der Waals surface area contributed by atoms with Gasteiger partial charge >= 0.3 is 0 Å². The molecule has 0 amide bonds. The van der Waals surface area contributed by atoms with E-state index in [9.17, 15) is 5.11 Å². The summed E-state index contributed by atoms with van der Waals surface area (Å²) in [4.78, 5) is 2.43. The van der Waals surface area contributed by atoms with Crippen LogP contribution in [0, 0.1) is 11.8 Å². The van der Waals surface area contributed by atoms with E-state index in [1.165, 1.54) is 5.69 Å². The van der Waals surface area contributed by atoms with Crippen LogP contribution in [0.2, 0.25) is 0 Å². The van der Waals surface area contributed by atoms with Crippen molar-refractivity contribution in [2.45, 2.75) is 12.1 Å². The lowest BCUT2D eigenvalue weighted by atomic mass is 9.87. The molecule has 0 aromatic heterocycles. The van der Waals surface area contributed by atoms with Gasteiger partial charge in [0.05, 0.1) is 13.7 Å². The third-order valence-corrected chi connectivity index (χ3v) is 6.11. The van der Waals surface area contributed by atoms with Crippen LogP contribution in [0.1, 0.15) is 11.6 Å². The topological polar surface area (TPSA) is 63.2 Å². The first-order valence-electron chi connectivity index (χ1n) is 9.43. The summed E-state index contributed by atoms with van der Waals surface area (Å²) in [5.41, 5.74) is 2.36. The first-order valence-corrected chi connectivity index (χ1v) is 9.43. The maximum atomic E-state index is 9.94. The van der Waals surface area contributed by atoms with E-state index in [2.05, 4.69) is 34.5 Å². The number of aliphatic hydroxyl groups excluding tert-OH is 1. The van der Waals surface area contributed by atoms with Crippen molar-refractivity contribution in [3.05, 3.63) is 48.0 Å². The number of fused-ring (bicyclic) bond motifs is 2. The van der Waals surface area contributed by atoms with Crippen molar-refractivity contribution >= 4 is 5.69 Å². The lowest BCUT2D eigenvalue weighted by molar-refractivity contribution is 0.171. The number of nitrogens with zero attached hydrogens (tertiary/aromatic N) is 1. The molecule has 0 aliphatic carbocycles. The Hall–Kier alpha value is -2.44. The third kappa shape index (κ3) is 2.71. The molecule has 3 aliphatic rings. The van der Waals surface area contributed by atoms with E-state index in [0.717, 1.165) is 24.4 Å². The van der Waals surface area contributed by atoms with Crippen LogP contribution in [0.4, 0.5) is 5.69 Å². The van der Waals surface area contributed by atoms with Gasteiger partial charge in [-0.3, -0.25) is 0 Å². The maximum Gasteiger partial charge on any atom is 0.231 e. The summed E-state index contributed by atoms with van der Waals surface area (Å²) >= 11 is 0. The average Bonchev–Trinajstić information content (AvgIpc) is 3.42. The first-order chi connectivity index (χ1) is 13.3. The van der Waals surface area contributed by atoms with E-state index in [-0.39, 0.29) is 25.5 Å². The maximum absolute atomic E-state index is 9.94. The van der Waals surface area contributed by atoms with Gasteiger partial charge in [0.25, 0.3) is 0 Å². The highest BCUT2D eigenvalue weighted by Crippen LogP contribution is 2.48. The van der Waals surface area contributed by atoms with Crippen molar-refractivity contribution in [2.75, 3.05) is 38.5 Å². The van der Waals surface area contributed by atoms with Crippen LogP contribution in [0.3, 0.4) is 0 Å². The van der Waals surface area contributed by atoms with Crippen LogP contribution >= 0.6 is 0 Å². The number of para-hydroxylation sites is 1. The minimum absolute atomic E-state index is 0.0881. The zero-order valence-electron chi connectivity index (χ0n) is 15.3. The Bertz CT molecular complexity index is 828. The molecule has 2 aromatic carbocycles. The molecule has 5 rings (SSSR count). The third-order valence-electron chi connectivity index (χ3n) is 6.11. The van der Waals surface area contributed by atoms with E-state index >= 15 is 0 Å². The molecule has 4 atom stereocenters. The van der Waals surface area contributed by atoms with Crippen LogP contribution in [0.25, 0.3) is 0 Å². The van der Waals surface area contributed by atoms with E-state index in [0.29, 0.717) is 23.3 Å². The minimum atomic E-state index is 0.0881. The smallest absolute Gasteiger partial charge is 0.231 e. The fourth-order valence-corrected chi connectivity index (χ4v) is 4.82. The van der Waals surface area contributed by atoms with Crippen molar-refractivity contribution < 1.29 is 19.3 Å². The van der Waals surface area contributed by atoms with Crippen LogP contribution in [0.5, 0.6) is 17.2 Å². The van der Waals surface area contributed by atoms with Gasteiger partial charge in [0.2, 0.25) is 12.5 Å². The Kier molecular flexibility index (Phi) is 4.10. The van der Waals surface area contributed by atoms with E-state index in [1.807, 2.05) is 18.2 Å². The van der Waals surface area contributed by atoms with Gasteiger partial charge in [0.15, 0.2) is 11.5 Å². The van der Waals surface area contributed by atoms with Crippen LogP contribution in [-0.4, -0.2) is 44.7 Å². The summed E-state index contributed by atoms with van der Waals surface area (Å²) in [6, 6.07) is 14.8. The number of rotatable bonds is 4. The molecule has 2 fully saturated rings. The normalized spacial score (nSPS) is 28.4. The van der Waals surface area contributed by atoms with Crippen molar-refractivity contribution in [1.29, 1.82) is 0 Å². The zero-order valence-corrected chi connectivity index (χ0v) is 15.3. The van der Waals surface area contributed by atoms with Gasteiger partial charge in [-0.25, -0.2) is 0 Å². The van der Waals surface area contributed by atoms with Crippen molar-refractivity contribution in [1.82, 2.24) is 5.32 Å². The van der Waals surface area contributed by atoms with Crippen LogP contribution < -0.4 is 24.4 Å². The second-order valence-corrected chi connectivity index (χ2v) is 7.46. The molecule has 3 aliphatic heterocycles. The number of anilines is 1. The van der Waals surface area contributed by atoms with Gasteiger partial charge in [-0.15, -0.1) is 0 Å². The molecule has 6 heteroatoms. The van der Waals surface area contributed by atoms with E-state index < -0.39 is 0 Å². The fourth-order valence-electron chi connectivity index (χ4n) is 4.82. The molecule has 0 bridgehead atoms. The van der Waals surface area contributed by atoms with Crippen molar-refractivity contribution in [3.8, 4) is 17.2 Å². The fraction of sp³-hybridized carbons (Fsp3) is 0.429. The SMILES string of the molecule is COc1cc([C@H]2N[C@@H](CO)[C@H]3CN(c4ccccc4)C[C@H]32)cc2c1OCO2. The molecule has 142 valence electrons. The largest absolute Gasteiger partial charge is 0.493 e. The first kappa shape index (κ1) is 16.7. The Morgan fingerprint density at radius 2 is 1.96 bits per heavy atom.